The molecule has 3 aromatic carbocycles. The SMILES string of the molecule is COc1ccc(NC(=O)N2CCN(c3ccc(NC(=O)CN(C(C)C)S(=O)(=O)c4ccccc4)cc3)CC2)cc1. The average molecular weight is 566 g/mol. The van der Waals surface area contributed by atoms with Crippen molar-refractivity contribution < 1.29 is 22.7 Å². The molecule has 11 heteroatoms. The molecule has 0 aromatic heterocycles. The molecule has 0 bridgehead atoms. The number of carbonyl (C=O) groups is 2. The van der Waals surface area contributed by atoms with Crippen molar-refractivity contribution in [3.8, 4) is 5.75 Å². The first-order valence-electron chi connectivity index (χ1n) is 13.1. The molecular weight excluding hydrogens is 530 g/mol. The summed E-state index contributed by atoms with van der Waals surface area (Å²) in [5.41, 5.74) is 2.26. The Morgan fingerprint density at radius 2 is 1.43 bits per heavy atom. The molecule has 0 saturated carbocycles. The number of urea groups is 1. The Hall–Kier alpha value is -4.09. The van der Waals surface area contributed by atoms with E-state index < -0.39 is 22.0 Å². The van der Waals surface area contributed by atoms with Crippen molar-refractivity contribution in [1.29, 1.82) is 0 Å². The predicted octanol–water partition coefficient (Wildman–Crippen LogP) is 4.09. The fourth-order valence-corrected chi connectivity index (χ4v) is 6.03. The van der Waals surface area contributed by atoms with Crippen molar-refractivity contribution in [2.75, 3.05) is 55.4 Å². The van der Waals surface area contributed by atoms with Gasteiger partial charge in [0.15, 0.2) is 0 Å². The smallest absolute Gasteiger partial charge is 0.321 e. The highest BCUT2D eigenvalue weighted by atomic mass is 32.2. The number of hydrogen-bond donors (Lipinski definition) is 2. The maximum atomic E-state index is 13.1. The summed E-state index contributed by atoms with van der Waals surface area (Å²) < 4.78 is 32.5. The summed E-state index contributed by atoms with van der Waals surface area (Å²) in [5, 5.41) is 5.71. The largest absolute Gasteiger partial charge is 0.497 e. The minimum absolute atomic E-state index is 0.146. The Labute approximate surface area is 235 Å². The van der Waals surface area contributed by atoms with Crippen LogP contribution in [0.2, 0.25) is 0 Å². The van der Waals surface area contributed by atoms with Crippen molar-refractivity contribution in [3.63, 3.8) is 0 Å². The molecule has 1 saturated heterocycles. The Morgan fingerprint density at radius 3 is 2.00 bits per heavy atom. The number of amides is 3. The van der Waals surface area contributed by atoms with Gasteiger partial charge in [-0.2, -0.15) is 4.31 Å². The molecule has 3 amide bonds. The van der Waals surface area contributed by atoms with Gasteiger partial charge in [-0.1, -0.05) is 18.2 Å². The molecule has 1 aliphatic rings. The number of carbonyl (C=O) groups excluding carboxylic acids is 2. The van der Waals surface area contributed by atoms with E-state index >= 15 is 0 Å². The maximum Gasteiger partial charge on any atom is 0.321 e. The van der Waals surface area contributed by atoms with Crippen LogP contribution in [0, 0.1) is 0 Å². The Kier molecular flexibility index (Phi) is 9.28. The van der Waals surface area contributed by atoms with Crippen LogP contribution < -0.4 is 20.3 Å². The van der Waals surface area contributed by atoms with E-state index in [4.69, 9.17) is 4.74 Å². The third-order valence-corrected chi connectivity index (χ3v) is 8.69. The number of hydrogen-bond acceptors (Lipinski definition) is 6. The first kappa shape index (κ1) is 28.9. The zero-order valence-corrected chi connectivity index (χ0v) is 23.7. The molecule has 0 radical (unpaired) electrons. The van der Waals surface area contributed by atoms with Gasteiger partial charge in [-0.3, -0.25) is 4.79 Å². The lowest BCUT2D eigenvalue weighted by molar-refractivity contribution is -0.116. The second-order valence-corrected chi connectivity index (χ2v) is 11.6. The number of piperazine rings is 1. The van der Waals surface area contributed by atoms with E-state index in [2.05, 4.69) is 15.5 Å². The van der Waals surface area contributed by atoms with Gasteiger partial charge in [0.2, 0.25) is 15.9 Å². The number of sulfonamides is 1. The zero-order valence-electron chi connectivity index (χ0n) is 22.9. The lowest BCUT2D eigenvalue weighted by atomic mass is 10.2. The molecular formula is C29H35N5O5S. The second-order valence-electron chi connectivity index (χ2n) is 9.68. The van der Waals surface area contributed by atoms with Crippen LogP contribution in [0.1, 0.15) is 13.8 Å². The van der Waals surface area contributed by atoms with Crippen molar-refractivity contribution >= 4 is 39.0 Å². The third kappa shape index (κ3) is 7.10. The van der Waals surface area contributed by atoms with Crippen molar-refractivity contribution in [2.45, 2.75) is 24.8 Å². The second kappa shape index (κ2) is 12.8. The molecule has 1 heterocycles. The maximum absolute atomic E-state index is 13.1. The summed E-state index contributed by atoms with van der Waals surface area (Å²) in [4.78, 5) is 29.5. The molecule has 1 aliphatic heterocycles. The number of methoxy groups -OCH3 is 1. The lowest BCUT2D eigenvalue weighted by Gasteiger charge is -2.36. The van der Waals surface area contributed by atoms with E-state index in [1.807, 2.05) is 12.1 Å². The minimum Gasteiger partial charge on any atom is -0.497 e. The molecule has 0 spiro atoms. The van der Waals surface area contributed by atoms with Crippen LogP contribution in [0.3, 0.4) is 0 Å². The normalized spacial score (nSPS) is 13.8. The van der Waals surface area contributed by atoms with E-state index in [1.54, 1.807) is 80.5 Å². The van der Waals surface area contributed by atoms with Gasteiger partial charge in [0.25, 0.3) is 0 Å². The molecule has 3 aromatic rings. The zero-order chi connectivity index (χ0) is 28.7. The summed E-state index contributed by atoms with van der Waals surface area (Å²) in [6, 6.07) is 22.2. The van der Waals surface area contributed by atoms with Crippen LogP contribution in [-0.4, -0.2) is 75.4 Å². The molecule has 0 aliphatic carbocycles. The highest BCUT2D eigenvalue weighted by Crippen LogP contribution is 2.22. The fraction of sp³-hybridized carbons (Fsp3) is 0.310. The van der Waals surface area contributed by atoms with E-state index in [0.717, 1.165) is 11.4 Å². The lowest BCUT2D eigenvalue weighted by Crippen LogP contribution is -2.50. The summed E-state index contributed by atoms with van der Waals surface area (Å²) in [6.45, 7) is 5.67. The molecule has 10 nitrogen and oxygen atoms in total. The number of rotatable bonds is 9. The molecule has 1 fully saturated rings. The summed E-state index contributed by atoms with van der Waals surface area (Å²) >= 11 is 0. The van der Waals surface area contributed by atoms with Gasteiger partial charge < -0.3 is 25.2 Å². The molecule has 40 heavy (non-hydrogen) atoms. The number of benzene rings is 3. The topological polar surface area (TPSA) is 111 Å². The standard InChI is InChI=1S/C29H35N5O5S/c1-22(2)34(40(37,38)27-7-5-4-6-8-27)21-28(35)30-23-9-13-25(14-10-23)32-17-19-33(20-18-32)29(36)31-24-11-15-26(39-3)16-12-24/h4-16,22H,17-21H2,1-3H3,(H,30,35)(H,31,36). The average Bonchev–Trinajstić information content (AvgIpc) is 2.97. The number of nitrogens with zero attached hydrogens (tertiary/aromatic N) is 3. The van der Waals surface area contributed by atoms with Crippen molar-refractivity contribution in [3.05, 3.63) is 78.9 Å². The Bertz CT molecular complexity index is 1390. The van der Waals surface area contributed by atoms with Crippen LogP contribution in [0.5, 0.6) is 5.75 Å². The highest BCUT2D eigenvalue weighted by Gasteiger charge is 2.29. The minimum atomic E-state index is -3.81. The quantitative estimate of drug-likeness (QED) is 0.404. The van der Waals surface area contributed by atoms with Gasteiger partial charge in [-0.25, -0.2) is 13.2 Å². The molecule has 4 rings (SSSR count). The highest BCUT2D eigenvalue weighted by molar-refractivity contribution is 7.89. The molecule has 212 valence electrons. The molecule has 2 N–H and O–H groups in total. The van der Waals surface area contributed by atoms with Gasteiger partial charge in [0, 0.05) is 49.3 Å². The van der Waals surface area contributed by atoms with Crippen LogP contribution in [-0.2, 0) is 14.8 Å². The molecule has 0 unspecified atom stereocenters. The Morgan fingerprint density at radius 1 is 0.850 bits per heavy atom. The van der Waals surface area contributed by atoms with Crippen LogP contribution in [0.4, 0.5) is 21.9 Å². The number of nitrogens with one attached hydrogen (secondary N) is 2. The van der Waals surface area contributed by atoms with Gasteiger partial charge in [0.1, 0.15) is 5.75 Å². The monoisotopic (exact) mass is 565 g/mol. The Balaban J connectivity index is 1.29. The summed E-state index contributed by atoms with van der Waals surface area (Å²) in [5.74, 6) is 0.308. The molecule has 0 atom stereocenters. The van der Waals surface area contributed by atoms with E-state index in [0.29, 0.717) is 37.6 Å². The van der Waals surface area contributed by atoms with Crippen LogP contribution in [0.15, 0.2) is 83.8 Å². The van der Waals surface area contributed by atoms with Gasteiger partial charge in [0.05, 0.1) is 18.6 Å². The van der Waals surface area contributed by atoms with Crippen LogP contribution in [0.25, 0.3) is 0 Å². The summed E-state index contributed by atoms with van der Waals surface area (Å²) in [6.07, 6.45) is 0. The van der Waals surface area contributed by atoms with Crippen molar-refractivity contribution in [2.24, 2.45) is 0 Å². The van der Waals surface area contributed by atoms with Gasteiger partial charge >= 0.3 is 6.03 Å². The van der Waals surface area contributed by atoms with Crippen LogP contribution >= 0.6 is 0 Å². The number of ether oxygens (including phenoxy) is 1. The van der Waals surface area contributed by atoms with Gasteiger partial charge in [-0.05, 0) is 74.5 Å². The van der Waals surface area contributed by atoms with E-state index in [-0.39, 0.29) is 17.5 Å². The fourth-order valence-electron chi connectivity index (χ4n) is 4.42. The predicted molar refractivity (Wildman–Crippen MR) is 156 cm³/mol. The first-order chi connectivity index (χ1) is 19.2. The summed E-state index contributed by atoms with van der Waals surface area (Å²) in [7, 11) is -2.22. The number of anilines is 3. The van der Waals surface area contributed by atoms with Gasteiger partial charge in [-0.15, -0.1) is 0 Å². The van der Waals surface area contributed by atoms with E-state index in [9.17, 15) is 18.0 Å². The third-order valence-electron chi connectivity index (χ3n) is 6.65. The first-order valence-corrected chi connectivity index (χ1v) is 14.5. The van der Waals surface area contributed by atoms with Crippen molar-refractivity contribution in [1.82, 2.24) is 9.21 Å². The van der Waals surface area contributed by atoms with E-state index in [1.165, 1.54) is 16.4 Å².